The van der Waals surface area contributed by atoms with Gasteiger partial charge >= 0.3 is 6.18 Å². The average Bonchev–Trinajstić information content (AvgIpc) is 3.61. The third-order valence-electron chi connectivity index (χ3n) is 5.88. The predicted molar refractivity (Wildman–Crippen MR) is 112 cm³/mol. The van der Waals surface area contributed by atoms with Crippen molar-refractivity contribution in [2.75, 3.05) is 19.7 Å². The Bertz CT molecular complexity index is 963. The third kappa shape index (κ3) is 5.41. The highest BCUT2D eigenvalue weighted by Crippen LogP contribution is 2.30. The van der Waals surface area contributed by atoms with E-state index < -0.39 is 11.7 Å². The molecule has 32 heavy (non-hydrogen) atoms. The molecule has 2 aliphatic rings. The molecule has 0 spiro atoms. The number of carbonyl (C=O) groups excluding carboxylic acids is 2. The Labute approximate surface area is 184 Å². The van der Waals surface area contributed by atoms with Crippen molar-refractivity contribution in [3.05, 3.63) is 65.2 Å². The number of nitrogens with zero attached hydrogens (tertiary/aromatic N) is 1. The molecule has 2 fully saturated rings. The topological polar surface area (TPSA) is 58.6 Å². The van der Waals surface area contributed by atoms with Gasteiger partial charge in [0.2, 0.25) is 0 Å². The van der Waals surface area contributed by atoms with E-state index in [4.69, 9.17) is 4.74 Å². The highest BCUT2D eigenvalue weighted by Gasteiger charge is 2.31. The number of rotatable bonds is 6. The first-order valence-corrected chi connectivity index (χ1v) is 10.8. The second-order valence-corrected chi connectivity index (χ2v) is 8.37. The number of piperidine rings is 1. The monoisotopic (exact) mass is 446 g/mol. The highest BCUT2D eigenvalue weighted by molar-refractivity contribution is 5.97. The molecule has 0 unspecified atom stereocenters. The molecule has 8 heteroatoms. The summed E-state index contributed by atoms with van der Waals surface area (Å²) in [6.07, 6.45) is -0.945. The molecule has 2 aromatic rings. The van der Waals surface area contributed by atoms with E-state index in [0.717, 1.165) is 37.8 Å². The van der Waals surface area contributed by atoms with Crippen LogP contribution in [-0.2, 0) is 6.18 Å². The van der Waals surface area contributed by atoms with E-state index in [1.165, 1.54) is 12.1 Å². The molecule has 2 amide bonds. The van der Waals surface area contributed by atoms with Crippen LogP contribution in [0.15, 0.2) is 48.5 Å². The lowest BCUT2D eigenvalue weighted by Gasteiger charge is -2.32. The van der Waals surface area contributed by atoms with E-state index in [2.05, 4.69) is 5.32 Å². The molecule has 170 valence electrons. The zero-order chi connectivity index (χ0) is 22.7. The van der Waals surface area contributed by atoms with Crippen LogP contribution in [0.3, 0.4) is 0 Å². The Hall–Kier alpha value is -3.03. The number of hydrogen-bond donors (Lipinski definition) is 1. The van der Waals surface area contributed by atoms with E-state index in [-0.39, 0.29) is 29.3 Å². The van der Waals surface area contributed by atoms with E-state index in [0.29, 0.717) is 31.0 Å². The fourth-order valence-electron chi connectivity index (χ4n) is 3.77. The zero-order valence-electron chi connectivity index (χ0n) is 17.5. The van der Waals surface area contributed by atoms with Crippen molar-refractivity contribution >= 4 is 11.8 Å². The summed E-state index contributed by atoms with van der Waals surface area (Å²) in [7, 11) is 0. The lowest BCUT2D eigenvalue weighted by molar-refractivity contribution is -0.137. The van der Waals surface area contributed by atoms with Crippen molar-refractivity contribution in [1.29, 1.82) is 0 Å². The van der Waals surface area contributed by atoms with Crippen molar-refractivity contribution in [2.45, 2.75) is 37.9 Å². The van der Waals surface area contributed by atoms with Crippen LogP contribution in [0.4, 0.5) is 13.2 Å². The summed E-state index contributed by atoms with van der Waals surface area (Å²) in [6, 6.07) is 11.8. The average molecular weight is 446 g/mol. The Kier molecular flexibility index (Phi) is 6.39. The lowest BCUT2D eigenvalue weighted by atomic mass is 9.97. The number of nitrogens with one attached hydrogen (secondary N) is 1. The molecule has 1 aliphatic heterocycles. The molecule has 0 radical (unpaired) electrons. The number of hydrogen-bond acceptors (Lipinski definition) is 3. The molecular weight excluding hydrogens is 421 g/mol. The Morgan fingerprint density at radius 2 is 1.62 bits per heavy atom. The van der Waals surface area contributed by atoms with Crippen LogP contribution in [0.1, 0.15) is 52.0 Å². The van der Waals surface area contributed by atoms with Crippen LogP contribution in [0.5, 0.6) is 5.75 Å². The maximum Gasteiger partial charge on any atom is 0.416 e. The van der Waals surface area contributed by atoms with Crippen molar-refractivity contribution < 1.29 is 27.5 Å². The van der Waals surface area contributed by atoms with Gasteiger partial charge in [-0.2, -0.15) is 13.2 Å². The summed E-state index contributed by atoms with van der Waals surface area (Å²) in [5.41, 5.74) is 0.00798. The molecule has 0 atom stereocenters. The summed E-state index contributed by atoms with van der Waals surface area (Å²) in [5.74, 6) is 0.389. The highest BCUT2D eigenvalue weighted by atomic mass is 19.4. The number of alkyl halides is 3. The maximum absolute atomic E-state index is 12.7. The summed E-state index contributed by atoms with van der Waals surface area (Å²) in [5, 5.41) is 2.97. The predicted octanol–water partition coefficient (Wildman–Crippen LogP) is 4.53. The minimum absolute atomic E-state index is 0.125. The fourth-order valence-corrected chi connectivity index (χ4v) is 3.77. The standard InChI is InChI=1S/C24H25F3N2O3/c25-24(26,27)18-7-5-17(6-8-18)23(31)29-13-11-16(12-14-29)15-32-21-4-2-1-3-20(21)22(30)28-19-9-10-19/h1-8,16,19H,9-15H2,(H,28,30). The van der Waals surface area contributed by atoms with Crippen molar-refractivity contribution in [2.24, 2.45) is 5.92 Å². The number of halogens is 3. The minimum Gasteiger partial charge on any atom is -0.492 e. The number of carbonyl (C=O) groups is 2. The molecule has 1 aliphatic carbocycles. The summed E-state index contributed by atoms with van der Waals surface area (Å²) >= 11 is 0. The maximum atomic E-state index is 12.7. The Morgan fingerprint density at radius 1 is 0.969 bits per heavy atom. The second-order valence-electron chi connectivity index (χ2n) is 8.37. The van der Waals surface area contributed by atoms with Crippen molar-refractivity contribution in [3.8, 4) is 5.75 Å². The van der Waals surface area contributed by atoms with Crippen LogP contribution in [0.2, 0.25) is 0 Å². The SMILES string of the molecule is O=C(NC1CC1)c1ccccc1OCC1CCN(C(=O)c2ccc(C(F)(F)F)cc2)CC1. The lowest BCUT2D eigenvalue weighted by Crippen LogP contribution is -2.39. The van der Waals surface area contributed by atoms with Gasteiger partial charge in [-0.25, -0.2) is 0 Å². The normalized spacial score (nSPS) is 17.2. The largest absolute Gasteiger partial charge is 0.492 e. The smallest absolute Gasteiger partial charge is 0.416 e. The van der Waals surface area contributed by atoms with Crippen LogP contribution in [-0.4, -0.2) is 42.5 Å². The molecule has 5 nitrogen and oxygen atoms in total. The van der Waals surface area contributed by atoms with E-state index >= 15 is 0 Å². The molecule has 2 aromatic carbocycles. The molecule has 0 bridgehead atoms. The first-order valence-electron chi connectivity index (χ1n) is 10.8. The number of benzene rings is 2. The fraction of sp³-hybridized carbons (Fsp3) is 0.417. The van der Waals surface area contributed by atoms with E-state index in [1.54, 1.807) is 23.1 Å². The number of para-hydroxylation sites is 1. The number of amides is 2. The van der Waals surface area contributed by atoms with Gasteiger partial charge < -0.3 is 15.0 Å². The van der Waals surface area contributed by atoms with Gasteiger partial charge in [0.15, 0.2) is 0 Å². The van der Waals surface area contributed by atoms with Gasteiger partial charge in [-0.1, -0.05) is 12.1 Å². The van der Waals surface area contributed by atoms with Gasteiger partial charge in [0.25, 0.3) is 11.8 Å². The van der Waals surface area contributed by atoms with E-state index in [1.807, 2.05) is 6.07 Å². The first-order chi connectivity index (χ1) is 15.3. The van der Waals surface area contributed by atoms with Crippen LogP contribution in [0.25, 0.3) is 0 Å². The van der Waals surface area contributed by atoms with Crippen LogP contribution < -0.4 is 10.1 Å². The second kappa shape index (κ2) is 9.22. The van der Waals surface area contributed by atoms with Gasteiger partial charge in [-0.15, -0.1) is 0 Å². The molecule has 1 saturated carbocycles. The first kappa shape index (κ1) is 22.2. The molecule has 1 saturated heterocycles. The zero-order valence-corrected chi connectivity index (χ0v) is 17.5. The molecule has 1 heterocycles. The van der Waals surface area contributed by atoms with Gasteiger partial charge in [-0.3, -0.25) is 9.59 Å². The molecule has 1 N–H and O–H groups in total. The van der Waals surface area contributed by atoms with Crippen molar-refractivity contribution in [1.82, 2.24) is 10.2 Å². The number of likely N-dealkylation sites (tertiary alicyclic amines) is 1. The third-order valence-corrected chi connectivity index (χ3v) is 5.88. The van der Waals surface area contributed by atoms with Gasteiger partial charge in [-0.05, 0) is 68.0 Å². The molecule has 0 aromatic heterocycles. The van der Waals surface area contributed by atoms with Gasteiger partial charge in [0.05, 0.1) is 17.7 Å². The summed E-state index contributed by atoms with van der Waals surface area (Å²) in [6.45, 7) is 1.46. The minimum atomic E-state index is -4.42. The van der Waals surface area contributed by atoms with E-state index in [9.17, 15) is 22.8 Å². The van der Waals surface area contributed by atoms with Gasteiger partial charge in [0.1, 0.15) is 5.75 Å². The Morgan fingerprint density at radius 3 is 2.25 bits per heavy atom. The van der Waals surface area contributed by atoms with Crippen LogP contribution in [0, 0.1) is 5.92 Å². The molecular formula is C24H25F3N2O3. The quantitative estimate of drug-likeness (QED) is 0.710. The van der Waals surface area contributed by atoms with Gasteiger partial charge in [0, 0.05) is 24.7 Å². The summed E-state index contributed by atoms with van der Waals surface area (Å²) < 4.78 is 44.1. The Balaban J connectivity index is 1.28. The number of ether oxygens (including phenoxy) is 1. The van der Waals surface area contributed by atoms with Crippen LogP contribution >= 0.6 is 0 Å². The summed E-state index contributed by atoms with van der Waals surface area (Å²) in [4.78, 5) is 26.7. The molecule has 4 rings (SSSR count). The van der Waals surface area contributed by atoms with Crippen molar-refractivity contribution in [3.63, 3.8) is 0 Å².